The van der Waals surface area contributed by atoms with Crippen LogP contribution < -0.4 is 5.84 Å². The number of nitro groups is 1. The van der Waals surface area contributed by atoms with Gasteiger partial charge in [0.1, 0.15) is 11.6 Å². The normalized spacial score (nSPS) is 11.2. The number of hydrogen-bond donors (Lipinski definition) is 1. The Kier molecular flexibility index (Phi) is 5.33. The molecule has 2 N–H and O–H groups in total. The highest BCUT2D eigenvalue weighted by atomic mass is 16.6. The third-order valence-corrected chi connectivity index (χ3v) is 6.05. The van der Waals surface area contributed by atoms with Gasteiger partial charge in [-0.3, -0.25) is 10.1 Å². The van der Waals surface area contributed by atoms with Crippen LogP contribution in [0.3, 0.4) is 0 Å². The second-order valence-electron chi connectivity index (χ2n) is 8.30. The van der Waals surface area contributed by atoms with Crippen LogP contribution in [0.5, 0.6) is 0 Å². The van der Waals surface area contributed by atoms with Crippen molar-refractivity contribution in [2.24, 2.45) is 0 Å². The Hall–Kier alpha value is -4.46. The zero-order chi connectivity index (χ0) is 23.8. The summed E-state index contributed by atoms with van der Waals surface area (Å²) in [6, 6.07) is 21.3. The highest BCUT2D eigenvalue weighted by Gasteiger charge is 2.30. The molecular formula is C26H23N5O3. The number of nitrogens with zero attached hydrogens (tertiary/aromatic N) is 4. The van der Waals surface area contributed by atoms with E-state index in [1.807, 2.05) is 73.7 Å². The molecule has 0 saturated heterocycles. The Morgan fingerprint density at radius 1 is 1.00 bits per heavy atom. The first-order valence-electron chi connectivity index (χ1n) is 10.9. The molecule has 5 rings (SSSR count). The van der Waals surface area contributed by atoms with Crippen LogP contribution in [0.2, 0.25) is 0 Å². The van der Waals surface area contributed by atoms with E-state index < -0.39 is 0 Å². The minimum absolute atomic E-state index is 0.0464. The van der Waals surface area contributed by atoms with Crippen molar-refractivity contribution in [3.8, 4) is 11.1 Å². The SMILES string of the molecule is Cc1noc(C)c1-c1cc2c(nc(Cc3ccccc3)n2N)c([N+](=O)[O-])c1Cc1ccccc1. The average molecular weight is 454 g/mol. The van der Waals surface area contributed by atoms with Crippen molar-refractivity contribution >= 4 is 16.7 Å². The van der Waals surface area contributed by atoms with E-state index in [2.05, 4.69) is 10.1 Å². The van der Waals surface area contributed by atoms with E-state index in [9.17, 15) is 10.1 Å². The molecule has 0 aliphatic heterocycles. The molecule has 0 aliphatic rings. The first-order chi connectivity index (χ1) is 16.4. The van der Waals surface area contributed by atoms with Crippen LogP contribution in [0, 0.1) is 24.0 Å². The fourth-order valence-electron chi connectivity index (χ4n) is 4.47. The van der Waals surface area contributed by atoms with Crippen LogP contribution in [-0.2, 0) is 12.8 Å². The summed E-state index contributed by atoms with van der Waals surface area (Å²) < 4.78 is 6.86. The highest BCUT2D eigenvalue weighted by molar-refractivity contribution is 5.94. The predicted molar refractivity (Wildman–Crippen MR) is 130 cm³/mol. The van der Waals surface area contributed by atoms with Crippen molar-refractivity contribution in [2.75, 3.05) is 5.84 Å². The average Bonchev–Trinajstić information content (AvgIpc) is 3.32. The lowest BCUT2D eigenvalue weighted by Gasteiger charge is -2.12. The summed E-state index contributed by atoms with van der Waals surface area (Å²) in [7, 11) is 0. The summed E-state index contributed by atoms with van der Waals surface area (Å²) in [4.78, 5) is 16.8. The monoisotopic (exact) mass is 453 g/mol. The number of fused-ring (bicyclic) bond motifs is 1. The Labute approximate surface area is 195 Å². The zero-order valence-electron chi connectivity index (χ0n) is 18.9. The number of benzene rings is 3. The summed E-state index contributed by atoms with van der Waals surface area (Å²) in [6.45, 7) is 3.63. The van der Waals surface area contributed by atoms with Gasteiger partial charge in [-0.05, 0) is 36.6 Å². The Morgan fingerprint density at radius 2 is 1.62 bits per heavy atom. The molecule has 0 amide bonds. The van der Waals surface area contributed by atoms with Gasteiger partial charge in [0.2, 0.25) is 0 Å². The molecule has 0 aliphatic carbocycles. The van der Waals surface area contributed by atoms with Gasteiger partial charge < -0.3 is 10.4 Å². The van der Waals surface area contributed by atoms with Crippen molar-refractivity contribution < 1.29 is 9.45 Å². The predicted octanol–water partition coefficient (Wildman–Crippen LogP) is 5.11. The van der Waals surface area contributed by atoms with Crippen LogP contribution in [0.25, 0.3) is 22.2 Å². The number of aromatic nitrogens is 3. The standard InChI is InChI=1S/C26H23N5O3/c1-16-24(17(2)34-29-16)20-15-22-25(28-23(30(22)27)14-19-11-7-4-8-12-19)26(31(32)33)21(20)13-18-9-5-3-6-10-18/h3-12,15H,13-14,27H2,1-2H3. The molecular weight excluding hydrogens is 430 g/mol. The van der Waals surface area contributed by atoms with E-state index in [1.165, 1.54) is 4.68 Å². The molecule has 0 bridgehead atoms. The van der Waals surface area contributed by atoms with Crippen molar-refractivity contribution in [3.63, 3.8) is 0 Å². The van der Waals surface area contributed by atoms with Gasteiger partial charge in [-0.2, -0.15) is 0 Å². The zero-order valence-corrected chi connectivity index (χ0v) is 18.9. The van der Waals surface area contributed by atoms with Gasteiger partial charge >= 0.3 is 5.69 Å². The Morgan fingerprint density at radius 3 is 2.18 bits per heavy atom. The number of hydrogen-bond acceptors (Lipinski definition) is 6. The van der Waals surface area contributed by atoms with Crippen LogP contribution in [0.4, 0.5) is 5.69 Å². The van der Waals surface area contributed by atoms with Crippen LogP contribution in [-0.4, -0.2) is 19.7 Å². The summed E-state index contributed by atoms with van der Waals surface area (Å²) >= 11 is 0. The third kappa shape index (κ3) is 3.69. The van der Waals surface area contributed by atoms with Gasteiger partial charge in [0.05, 0.1) is 16.1 Å². The molecule has 0 saturated carbocycles. The molecule has 3 aromatic carbocycles. The third-order valence-electron chi connectivity index (χ3n) is 6.05. The summed E-state index contributed by atoms with van der Waals surface area (Å²) in [5.74, 6) is 7.59. The number of aryl methyl sites for hydroxylation is 2. The topological polar surface area (TPSA) is 113 Å². The summed E-state index contributed by atoms with van der Waals surface area (Å²) in [5, 5.41) is 16.6. The maximum Gasteiger partial charge on any atom is 0.301 e. The minimum atomic E-state index is -0.360. The van der Waals surface area contributed by atoms with Crippen molar-refractivity contribution in [1.29, 1.82) is 0 Å². The van der Waals surface area contributed by atoms with Gasteiger partial charge in [0, 0.05) is 24.0 Å². The van der Waals surface area contributed by atoms with Gasteiger partial charge in [-0.15, -0.1) is 0 Å². The Balaban J connectivity index is 1.80. The first kappa shape index (κ1) is 21.4. The van der Waals surface area contributed by atoms with E-state index in [0.29, 0.717) is 46.8 Å². The second-order valence-corrected chi connectivity index (χ2v) is 8.30. The largest absolute Gasteiger partial charge is 0.361 e. The first-order valence-corrected chi connectivity index (χ1v) is 10.9. The van der Waals surface area contributed by atoms with E-state index in [0.717, 1.165) is 16.7 Å². The van der Waals surface area contributed by atoms with Gasteiger partial charge in [0.15, 0.2) is 5.52 Å². The van der Waals surface area contributed by atoms with Crippen LogP contribution in [0.15, 0.2) is 71.3 Å². The molecule has 170 valence electrons. The smallest absolute Gasteiger partial charge is 0.301 e. The van der Waals surface area contributed by atoms with Crippen molar-refractivity contribution in [1.82, 2.24) is 14.8 Å². The molecule has 2 aromatic heterocycles. The molecule has 34 heavy (non-hydrogen) atoms. The fourth-order valence-corrected chi connectivity index (χ4v) is 4.47. The van der Waals surface area contributed by atoms with Gasteiger partial charge in [-0.25, -0.2) is 9.66 Å². The molecule has 5 aromatic rings. The molecule has 0 fully saturated rings. The van der Waals surface area contributed by atoms with E-state index in [1.54, 1.807) is 6.92 Å². The van der Waals surface area contributed by atoms with Crippen LogP contribution >= 0.6 is 0 Å². The van der Waals surface area contributed by atoms with E-state index in [4.69, 9.17) is 10.4 Å². The Bertz CT molecular complexity index is 1490. The quantitative estimate of drug-likeness (QED) is 0.217. The lowest BCUT2D eigenvalue weighted by atomic mass is 9.91. The van der Waals surface area contributed by atoms with Gasteiger partial charge in [0.25, 0.3) is 0 Å². The van der Waals surface area contributed by atoms with Crippen molar-refractivity contribution in [2.45, 2.75) is 26.7 Å². The molecule has 0 spiro atoms. The maximum absolute atomic E-state index is 12.5. The molecule has 8 nitrogen and oxygen atoms in total. The minimum Gasteiger partial charge on any atom is -0.361 e. The fraction of sp³-hybridized carbons (Fsp3) is 0.154. The second kappa shape index (κ2) is 8.47. The van der Waals surface area contributed by atoms with E-state index in [-0.39, 0.29) is 16.1 Å². The maximum atomic E-state index is 12.5. The van der Waals surface area contributed by atoms with Gasteiger partial charge in [-0.1, -0.05) is 65.8 Å². The van der Waals surface area contributed by atoms with Crippen molar-refractivity contribution in [3.05, 3.63) is 111 Å². The summed E-state index contributed by atoms with van der Waals surface area (Å²) in [6.07, 6.45) is 0.815. The lowest BCUT2D eigenvalue weighted by molar-refractivity contribution is -0.383. The van der Waals surface area contributed by atoms with E-state index >= 15 is 0 Å². The molecule has 2 heterocycles. The molecule has 8 heteroatoms. The lowest BCUT2D eigenvalue weighted by Crippen LogP contribution is -2.13. The molecule has 0 radical (unpaired) electrons. The molecule has 0 atom stereocenters. The molecule has 0 unspecified atom stereocenters. The number of nitro benzene ring substituents is 1. The van der Waals surface area contributed by atoms with Crippen LogP contribution in [0.1, 0.15) is 34.0 Å². The number of rotatable bonds is 6. The summed E-state index contributed by atoms with van der Waals surface area (Å²) in [5.41, 5.74) is 5.32. The highest BCUT2D eigenvalue weighted by Crippen LogP contribution is 2.41. The number of imidazole rings is 1. The number of nitrogens with two attached hydrogens (primary N) is 1. The number of nitrogen functional groups attached to an aromatic ring is 1.